The molecule has 198 valence electrons. The number of carboxylic acid groups (broad SMARTS) is 1. The van der Waals surface area contributed by atoms with Gasteiger partial charge in [-0.25, -0.2) is 4.79 Å². The van der Waals surface area contributed by atoms with Gasteiger partial charge in [-0.2, -0.15) is 0 Å². The van der Waals surface area contributed by atoms with E-state index in [1.165, 1.54) is 13.8 Å². The molecule has 11 N–H and O–H groups in total. The van der Waals surface area contributed by atoms with Gasteiger partial charge in [0, 0.05) is 0 Å². The number of aliphatic hydroxyl groups excluding tert-OH is 2. The highest BCUT2D eigenvalue weighted by atomic mass is 16.4. The first-order valence-electron chi connectivity index (χ1n) is 10.2. The smallest absolute Gasteiger partial charge is 0.328 e. The van der Waals surface area contributed by atoms with Crippen molar-refractivity contribution >= 4 is 41.4 Å². The van der Waals surface area contributed by atoms with E-state index in [1.807, 2.05) is 5.32 Å². The Morgan fingerprint density at radius 3 is 1.60 bits per heavy atom. The first kappa shape index (κ1) is 31.2. The summed E-state index contributed by atoms with van der Waals surface area (Å²) in [4.78, 5) is 81.6. The molecule has 0 bridgehead atoms. The van der Waals surface area contributed by atoms with Gasteiger partial charge >= 0.3 is 5.97 Å². The number of carbonyl (C=O) groups is 7. The van der Waals surface area contributed by atoms with Gasteiger partial charge in [-0.05, 0) is 13.8 Å². The lowest BCUT2D eigenvalue weighted by atomic mass is 10.2. The van der Waals surface area contributed by atoms with Gasteiger partial charge in [-0.15, -0.1) is 0 Å². The molecule has 6 amide bonds. The Labute approximate surface area is 199 Å². The quantitative estimate of drug-likeness (QED) is 0.0998. The first-order chi connectivity index (χ1) is 16.4. The first-order valence-corrected chi connectivity index (χ1v) is 10.2. The number of aliphatic hydroxyl groups is 2. The molecule has 0 rings (SSSR count). The van der Waals surface area contributed by atoms with E-state index in [1.54, 1.807) is 0 Å². The van der Waals surface area contributed by atoms with Gasteiger partial charge in [0.1, 0.15) is 24.2 Å². The molecule has 4 atom stereocenters. The molecule has 0 radical (unpaired) electrons. The van der Waals surface area contributed by atoms with Gasteiger partial charge in [-0.3, -0.25) is 28.8 Å². The third-order valence-electron chi connectivity index (χ3n) is 4.20. The number of rotatable bonds is 15. The zero-order valence-corrected chi connectivity index (χ0v) is 19.1. The van der Waals surface area contributed by atoms with Crippen LogP contribution < -0.4 is 37.6 Å². The number of carboxylic acids is 1. The molecule has 0 fully saturated rings. The maximum Gasteiger partial charge on any atom is 0.328 e. The zero-order valence-electron chi connectivity index (χ0n) is 19.1. The Kier molecular flexibility index (Phi) is 14.2. The summed E-state index contributed by atoms with van der Waals surface area (Å²) in [6.07, 6.45) is 0. The molecule has 0 heterocycles. The van der Waals surface area contributed by atoms with Gasteiger partial charge in [0.25, 0.3) is 0 Å². The standard InChI is InChI=1S/C18H31N7O10/c1-8(22-12(28)3-19)15(31)20-5-14(30)24-10(6-26)17(33)21-4-13(29)23-9(2)16(32)25-11(7-27)18(34)35/h8-11,26-27H,3-7,19H2,1-2H3,(H,20,31)(H,21,33)(H,22,28)(H,23,29)(H,24,30)(H,25,32)(H,34,35)/t8-,9-,10-,11-/m0/s1. The van der Waals surface area contributed by atoms with Crippen molar-refractivity contribution in [2.75, 3.05) is 32.8 Å². The van der Waals surface area contributed by atoms with Crippen LogP contribution in [0.5, 0.6) is 0 Å². The Hall–Kier alpha value is -3.83. The van der Waals surface area contributed by atoms with Gasteiger partial charge in [0.15, 0.2) is 0 Å². The van der Waals surface area contributed by atoms with Crippen LogP contribution in [0.1, 0.15) is 13.8 Å². The molecule has 0 aliphatic carbocycles. The average molecular weight is 505 g/mol. The number of amides is 6. The van der Waals surface area contributed by atoms with Crippen molar-refractivity contribution in [1.82, 2.24) is 31.9 Å². The summed E-state index contributed by atoms with van der Waals surface area (Å²) >= 11 is 0. The third kappa shape index (κ3) is 12.3. The molecule has 0 spiro atoms. The van der Waals surface area contributed by atoms with Gasteiger partial charge in [-0.1, -0.05) is 0 Å². The van der Waals surface area contributed by atoms with Gasteiger partial charge < -0.3 is 53.0 Å². The summed E-state index contributed by atoms with van der Waals surface area (Å²) in [6, 6.07) is -5.21. The summed E-state index contributed by atoms with van der Waals surface area (Å²) in [7, 11) is 0. The predicted molar refractivity (Wildman–Crippen MR) is 116 cm³/mol. The van der Waals surface area contributed by atoms with Crippen molar-refractivity contribution in [3.05, 3.63) is 0 Å². The summed E-state index contributed by atoms with van der Waals surface area (Å²) in [6.45, 7) is -0.670. The van der Waals surface area contributed by atoms with E-state index in [0.29, 0.717) is 0 Å². The fourth-order valence-corrected chi connectivity index (χ4v) is 2.26. The summed E-state index contributed by atoms with van der Waals surface area (Å²) in [5.41, 5.74) is 5.11. The molecule has 0 aromatic carbocycles. The molecule has 0 aromatic rings. The van der Waals surface area contributed by atoms with E-state index in [0.717, 1.165) is 0 Å². The molecule has 0 unspecified atom stereocenters. The van der Waals surface area contributed by atoms with Crippen LogP contribution in [0.25, 0.3) is 0 Å². The Morgan fingerprint density at radius 2 is 1.11 bits per heavy atom. The molecule has 0 aliphatic rings. The van der Waals surface area contributed by atoms with Gasteiger partial charge in [0.05, 0.1) is 32.8 Å². The largest absolute Gasteiger partial charge is 0.480 e. The van der Waals surface area contributed by atoms with Crippen LogP contribution in [0.15, 0.2) is 0 Å². The van der Waals surface area contributed by atoms with Crippen molar-refractivity contribution in [1.29, 1.82) is 0 Å². The number of hydrogen-bond acceptors (Lipinski definition) is 10. The maximum absolute atomic E-state index is 12.1. The second-order valence-corrected chi connectivity index (χ2v) is 7.10. The number of nitrogens with one attached hydrogen (secondary N) is 6. The van der Waals surface area contributed by atoms with Crippen molar-refractivity contribution in [2.45, 2.75) is 38.0 Å². The summed E-state index contributed by atoms with van der Waals surface area (Å²) in [5, 5.41) is 40.0. The minimum Gasteiger partial charge on any atom is -0.480 e. The monoisotopic (exact) mass is 505 g/mol. The molecule has 35 heavy (non-hydrogen) atoms. The lowest BCUT2D eigenvalue weighted by Gasteiger charge is -2.19. The minimum atomic E-state index is -1.56. The summed E-state index contributed by atoms with van der Waals surface area (Å²) < 4.78 is 0. The zero-order chi connectivity index (χ0) is 27.1. The predicted octanol–water partition coefficient (Wildman–Crippen LogP) is -6.77. The normalized spacial score (nSPS) is 13.7. The van der Waals surface area contributed by atoms with E-state index < -0.39 is 91.9 Å². The van der Waals surface area contributed by atoms with E-state index >= 15 is 0 Å². The van der Waals surface area contributed by atoms with E-state index in [9.17, 15) is 38.7 Å². The average Bonchev–Trinajstić information content (AvgIpc) is 2.81. The number of nitrogens with two attached hydrogens (primary N) is 1. The van der Waals surface area contributed by atoms with Crippen molar-refractivity contribution in [2.24, 2.45) is 5.73 Å². The summed E-state index contributed by atoms with van der Waals surface area (Å²) in [5.74, 6) is -6.30. The fraction of sp³-hybridized carbons (Fsp3) is 0.611. The van der Waals surface area contributed by atoms with Crippen LogP contribution >= 0.6 is 0 Å². The van der Waals surface area contributed by atoms with E-state index in [2.05, 4.69) is 26.6 Å². The van der Waals surface area contributed by atoms with Crippen LogP contribution in [0.3, 0.4) is 0 Å². The maximum atomic E-state index is 12.1. The van der Waals surface area contributed by atoms with Crippen LogP contribution in [-0.4, -0.2) is 114 Å². The minimum absolute atomic E-state index is 0.329. The molecule has 0 aromatic heterocycles. The van der Waals surface area contributed by atoms with E-state index in [-0.39, 0.29) is 6.54 Å². The van der Waals surface area contributed by atoms with Crippen molar-refractivity contribution < 1.29 is 48.9 Å². The number of aliphatic carboxylic acids is 1. The fourth-order valence-electron chi connectivity index (χ4n) is 2.26. The molecular weight excluding hydrogens is 474 g/mol. The molecule has 17 heteroatoms. The molecule has 0 saturated heterocycles. The SMILES string of the molecule is C[C@H](NC(=O)CN)C(=O)NCC(=O)N[C@@H](CO)C(=O)NCC(=O)N[C@@H](C)C(=O)N[C@@H](CO)C(=O)O. The van der Waals surface area contributed by atoms with Crippen LogP contribution in [-0.2, 0) is 33.6 Å². The topological polar surface area (TPSA) is 278 Å². The second-order valence-electron chi connectivity index (χ2n) is 7.10. The lowest BCUT2D eigenvalue weighted by Crippen LogP contribution is -2.55. The number of carbonyl (C=O) groups excluding carboxylic acids is 6. The third-order valence-corrected chi connectivity index (χ3v) is 4.20. The Bertz CT molecular complexity index is 807. The molecule has 17 nitrogen and oxygen atoms in total. The molecule has 0 aliphatic heterocycles. The van der Waals surface area contributed by atoms with E-state index in [4.69, 9.17) is 15.9 Å². The van der Waals surface area contributed by atoms with Gasteiger partial charge in [0.2, 0.25) is 35.4 Å². The molecular formula is C18H31N7O10. The highest BCUT2D eigenvalue weighted by Gasteiger charge is 2.25. The second kappa shape index (κ2) is 15.9. The van der Waals surface area contributed by atoms with Crippen LogP contribution in [0.4, 0.5) is 0 Å². The van der Waals surface area contributed by atoms with Crippen molar-refractivity contribution in [3.8, 4) is 0 Å². The Morgan fingerprint density at radius 1 is 0.657 bits per heavy atom. The highest BCUT2D eigenvalue weighted by molar-refractivity contribution is 5.94. The van der Waals surface area contributed by atoms with Crippen LogP contribution in [0.2, 0.25) is 0 Å². The van der Waals surface area contributed by atoms with Crippen molar-refractivity contribution in [3.63, 3.8) is 0 Å². The lowest BCUT2D eigenvalue weighted by molar-refractivity contribution is -0.143. The highest BCUT2D eigenvalue weighted by Crippen LogP contribution is 1.89. The van der Waals surface area contributed by atoms with Crippen LogP contribution in [0, 0.1) is 0 Å². The Balaban J connectivity index is 4.54. The number of hydrogen-bond donors (Lipinski definition) is 10. The molecule has 0 saturated carbocycles.